The fourth-order valence-corrected chi connectivity index (χ4v) is 3.44. The summed E-state index contributed by atoms with van der Waals surface area (Å²) in [5.41, 5.74) is 7.13. The van der Waals surface area contributed by atoms with E-state index in [0.29, 0.717) is 12.1 Å². The van der Waals surface area contributed by atoms with Gasteiger partial charge < -0.3 is 10.8 Å². The Hall–Kier alpha value is -0.930. The van der Waals surface area contributed by atoms with Crippen molar-refractivity contribution in [1.82, 2.24) is 0 Å². The van der Waals surface area contributed by atoms with E-state index in [2.05, 4.69) is 6.92 Å². The Morgan fingerprint density at radius 1 is 1.40 bits per heavy atom. The van der Waals surface area contributed by atoms with Crippen LogP contribution in [-0.2, 0) is 0 Å². The molecule has 0 aromatic heterocycles. The summed E-state index contributed by atoms with van der Waals surface area (Å²) in [6.07, 6.45) is 4.78. The first-order valence-electron chi connectivity index (χ1n) is 7.66. The Morgan fingerprint density at radius 2 is 2.05 bits per heavy atom. The minimum absolute atomic E-state index is 0.225. The predicted molar refractivity (Wildman–Crippen MR) is 79.8 cm³/mol. The maximum Gasteiger partial charge on any atom is 0.126 e. The van der Waals surface area contributed by atoms with Gasteiger partial charge in [0.15, 0.2) is 0 Å². The van der Waals surface area contributed by atoms with E-state index >= 15 is 0 Å². The highest BCUT2D eigenvalue weighted by Gasteiger charge is 2.40. The van der Waals surface area contributed by atoms with Gasteiger partial charge in [-0.25, -0.2) is 4.39 Å². The summed E-state index contributed by atoms with van der Waals surface area (Å²) in [5, 5.41) is 10.8. The van der Waals surface area contributed by atoms with Gasteiger partial charge in [-0.2, -0.15) is 0 Å². The van der Waals surface area contributed by atoms with Crippen LogP contribution in [0.3, 0.4) is 0 Å². The molecule has 1 saturated carbocycles. The van der Waals surface area contributed by atoms with Gasteiger partial charge in [-0.05, 0) is 55.7 Å². The van der Waals surface area contributed by atoms with Crippen molar-refractivity contribution in [3.63, 3.8) is 0 Å². The number of hydrogen-bond donors (Lipinski definition) is 2. The predicted octanol–water partition coefficient (Wildman–Crippen LogP) is 3.71. The van der Waals surface area contributed by atoms with Gasteiger partial charge >= 0.3 is 0 Å². The molecule has 1 aromatic carbocycles. The fourth-order valence-electron chi connectivity index (χ4n) is 3.44. The van der Waals surface area contributed by atoms with Crippen LogP contribution in [-0.4, -0.2) is 11.7 Å². The minimum Gasteiger partial charge on any atom is -0.388 e. The molecular weight excluding hydrogens is 253 g/mol. The normalized spacial score (nSPS) is 28.4. The van der Waals surface area contributed by atoms with E-state index in [1.54, 1.807) is 19.1 Å². The van der Waals surface area contributed by atoms with Crippen molar-refractivity contribution in [2.75, 3.05) is 6.54 Å². The molecule has 1 atom stereocenters. The highest BCUT2D eigenvalue weighted by atomic mass is 19.1. The van der Waals surface area contributed by atoms with Crippen molar-refractivity contribution in [2.24, 2.45) is 17.1 Å². The first-order valence-corrected chi connectivity index (χ1v) is 7.66. The van der Waals surface area contributed by atoms with Crippen LogP contribution in [0.5, 0.6) is 0 Å². The number of rotatable bonds is 4. The summed E-state index contributed by atoms with van der Waals surface area (Å²) in [5.74, 6) is 0.536. The molecule has 1 aromatic rings. The Kier molecular flexibility index (Phi) is 4.82. The van der Waals surface area contributed by atoms with Gasteiger partial charge in [0.1, 0.15) is 5.82 Å². The Morgan fingerprint density at radius 3 is 2.55 bits per heavy atom. The molecule has 2 nitrogen and oxygen atoms in total. The van der Waals surface area contributed by atoms with Crippen LogP contribution in [0.1, 0.15) is 56.3 Å². The molecule has 3 N–H and O–H groups in total. The molecule has 3 heteroatoms. The zero-order valence-electron chi connectivity index (χ0n) is 12.5. The van der Waals surface area contributed by atoms with Crippen LogP contribution in [0.15, 0.2) is 18.2 Å². The molecule has 1 aliphatic carbocycles. The van der Waals surface area contributed by atoms with E-state index in [1.165, 1.54) is 12.5 Å². The maximum absolute atomic E-state index is 13.4. The average molecular weight is 279 g/mol. The summed E-state index contributed by atoms with van der Waals surface area (Å²) in [7, 11) is 0. The van der Waals surface area contributed by atoms with Gasteiger partial charge in [0.05, 0.1) is 6.10 Å². The number of hydrogen-bond acceptors (Lipinski definition) is 2. The smallest absolute Gasteiger partial charge is 0.126 e. The van der Waals surface area contributed by atoms with E-state index < -0.39 is 6.10 Å². The molecule has 1 unspecified atom stereocenters. The van der Waals surface area contributed by atoms with Gasteiger partial charge in [-0.3, -0.25) is 0 Å². The van der Waals surface area contributed by atoms with Crippen molar-refractivity contribution in [2.45, 2.75) is 52.1 Å². The zero-order chi connectivity index (χ0) is 14.8. The number of nitrogens with two attached hydrogens (primary N) is 1. The molecule has 112 valence electrons. The summed E-state index contributed by atoms with van der Waals surface area (Å²) < 4.78 is 13.4. The molecule has 0 radical (unpaired) electrons. The van der Waals surface area contributed by atoms with Crippen molar-refractivity contribution in [3.05, 3.63) is 35.1 Å². The van der Waals surface area contributed by atoms with Gasteiger partial charge in [0, 0.05) is 12.0 Å². The van der Waals surface area contributed by atoms with Gasteiger partial charge in [-0.15, -0.1) is 0 Å². The quantitative estimate of drug-likeness (QED) is 0.882. The van der Waals surface area contributed by atoms with Gasteiger partial charge in [-0.1, -0.05) is 25.5 Å². The third kappa shape index (κ3) is 2.89. The summed E-state index contributed by atoms with van der Waals surface area (Å²) >= 11 is 0. The van der Waals surface area contributed by atoms with Crippen molar-refractivity contribution < 1.29 is 9.50 Å². The Bertz CT molecular complexity index is 452. The highest BCUT2D eigenvalue weighted by molar-refractivity contribution is 5.27. The van der Waals surface area contributed by atoms with E-state index in [0.717, 1.165) is 37.2 Å². The average Bonchev–Trinajstić information content (AvgIpc) is 2.49. The van der Waals surface area contributed by atoms with Crippen LogP contribution in [0.2, 0.25) is 0 Å². The standard InChI is InChI=1S/C17H26FNO/c1-3-13-6-8-17(11-19,9-7-13)16(20)14-4-5-15(18)12(2)10-14/h4-5,10,13,16,20H,3,6-9,11,19H2,1-2H3. The molecular formula is C17H26FNO. The largest absolute Gasteiger partial charge is 0.388 e. The SMILES string of the molecule is CCC1CCC(CN)(C(O)c2ccc(F)c(C)c2)CC1. The molecule has 1 aliphatic rings. The monoisotopic (exact) mass is 279 g/mol. The molecule has 1 fully saturated rings. The first kappa shape index (κ1) is 15.5. The highest BCUT2D eigenvalue weighted by Crippen LogP contribution is 2.47. The summed E-state index contributed by atoms with van der Waals surface area (Å²) in [4.78, 5) is 0. The molecule has 0 bridgehead atoms. The van der Waals surface area contributed by atoms with E-state index in [-0.39, 0.29) is 11.2 Å². The van der Waals surface area contributed by atoms with Crippen molar-refractivity contribution in [1.29, 1.82) is 0 Å². The molecule has 0 aliphatic heterocycles. The minimum atomic E-state index is -0.593. The van der Waals surface area contributed by atoms with E-state index in [1.807, 2.05) is 0 Å². The number of aryl methyl sites for hydroxylation is 1. The molecule has 0 spiro atoms. The Balaban J connectivity index is 2.20. The van der Waals surface area contributed by atoms with E-state index in [9.17, 15) is 9.50 Å². The topological polar surface area (TPSA) is 46.2 Å². The lowest BCUT2D eigenvalue weighted by molar-refractivity contribution is -0.0104. The third-order valence-electron chi connectivity index (χ3n) is 5.16. The lowest BCUT2D eigenvalue weighted by atomic mass is 9.65. The summed E-state index contributed by atoms with van der Waals surface area (Å²) in [6.45, 7) is 4.44. The van der Waals surface area contributed by atoms with Gasteiger partial charge in [0.25, 0.3) is 0 Å². The zero-order valence-corrected chi connectivity index (χ0v) is 12.5. The van der Waals surface area contributed by atoms with Crippen molar-refractivity contribution >= 4 is 0 Å². The number of benzene rings is 1. The number of halogens is 1. The maximum atomic E-state index is 13.4. The van der Waals surface area contributed by atoms with Crippen LogP contribution in [0.4, 0.5) is 4.39 Å². The second-order valence-electron chi connectivity index (χ2n) is 6.33. The lowest BCUT2D eigenvalue weighted by Crippen LogP contribution is -2.40. The van der Waals surface area contributed by atoms with Crippen LogP contribution >= 0.6 is 0 Å². The molecule has 20 heavy (non-hydrogen) atoms. The van der Waals surface area contributed by atoms with Crippen LogP contribution in [0.25, 0.3) is 0 Å². The van der Waals surface area contributed by atoms with Crippen LogP contribution < -0.4 is 5.73 Å². The second-order valence-corrected chi connectivity index (χ2v) is 6.33. The molecule has 0 saturated heterocycles. The Labute approximate surface area is 121 Å². The van der Waals surface area contributed by atoms with Crippen LogP contribution in [0, 0.1) is 24.1 Å². The number of aliphatic hydroxyl groups excluding tert-OH is 1. The molecule has 0 amide bonds. The van der Waals surface area contributed by atoms with Crippen molar-refractivity contribution in [3.8, 4) is 0 Å². The molecule has 0 heterocycles. The fraction of sp³-hybridized carbons (Fsp3) is 0.647. The third-order valence-corrected chi connectivity index (χ3v) is 5.16. The lowest BCUT2D eigenvalue weighted by Gasteiger charge is -2.43. The summed E-state index contributed by atoms with van der Waals surface area (Å²) in [6, 6.07) is 4.88. The van der Waals surface area contributed by atoms with Gasteiger partial charge in [0.2, 0.25) is 0 Å². The van der Waals surface area contributed by atoms with E-state index in [4.69, 9.17) is 5.73 Å². The number of aliphatic hydroxyl groups is 1. The second kappa shape index (κ2) is 6.23. The first-order chi connectivity index (χ1) is 9.52. The molecule has 2 rings (SSSR count).